The molecule has 1 aromatic rings. The van der Waals surface area contributed by atoms with Gasteiger partial charge in [-0.3, -0.25) is 19.7 Å². The second kappa shape index (κ2) is 13.6. The highest BCUT2D eigenvalue weighted by Crippen LogP contribution is 2.18. The number of hydrogen-bond donors (Lipinski definition) is 1. The van der Waals surface area contributed by atoms with Crippen LogP contribution in [0.25, 0.3) is 0 Å². The second-order valence-electron chi connectivity index (χ2n) is 8.08. The van der Waals surface area contributed by atoms with Gasteiger partial charge in [-0.15, -0.1) is 6.58 Å². The maximum absolute atomic E-state index is 12.0. The van der Waals surface area contributed by atoms with Crippen molar-refractivity contribution in [1.29, 1.82) is 0 Å². The van der Waals surface area contributed by atoms with Crippen molar-refractivity contribution in [1.82, 2.24) is 5.32 Å². The zero-order chi connectivity index (χ0) is 22.5. The Morgan fingerprint density at radius 2 is 1.74 bits per heavy atom. The summed E-state index contributed by atoms with van der Waals surface area (Å²) < 4.78 is 5.30. The van der Waals surface area contributed by atoms with Crippen LogP contribution in [0.15, 0.2) is 42.5 Å². The lowest BCUT2D eigenvalue weighted by Gasteiger charge is -2.11. The third-order valence-electron chi connectivity index (χ3n) is 5.57. The predicted molar refractivity (Wildman–Crippen MR) is 122 cm³/mol. The number of amides is 2. The van der Waals surface area contributed by atoms with Crippen molar-refractivity contribution in [3.63, 3.8) is 0 Å². The summed E-state index contributed by atoms with van der Waals surface area (Å²) in [5.41, 5.74) is 3.75. The van der Waals surface area contributed by atoms with E-state index in [-0.39, 0.29) is 18.6 Å². The molecule has 31 heavy (non-hydrogen) atoms. The van der Waals surface area contributed by atoms with Crippen LogP contribution in [0, 0.1) is 0 Å². The van der Waals surface area contributed by atoms with Crippen molar-refractivity contribution in [2.45, 2.75) is 84.2 Å². The summed E-state index contributed by atoms with van der Waals surface area (Å²) in [6.07, 6.45) is 15.1. The van der Waals surface area contributed by atoms with Crippen molar-refractivity contribution >= 4 is 17.8 Å². The van der Waals surface area contributed by atoms with E-state index < -0.39 is 17.8 Å². The molecule has 0 saturated heterocycles. The van der Waals surface area contributed by atoms with E-state index in [9.17, 15) is 14.4 Å². The van der Waals surface area contributed by atoms with Crippen molar-refractivity contribution in [2.75, 3.05) is 0 Å². The summed E-state index contributed by atoms with van der Waals surface area (Å²) in [6.45, 7) is 6.07. The molecule has 2 amide bonds. The summed E-state index contributed by atoms with van der Waals surface area (Å²) in [5, 5.41) is 2.12. The molecule has 5 heteroatoms. The minimum Gasteiger partial charge on any atom is -0.461 e. The number of esters is 1. The van der Waals surface area contributed by atoms with Crippen LogP contribution in [0.4, 0.5) is 0 Å². The lowest BCUT2D eigenvalue weighted by molar-refractivity contribution is -0.144. The van der Waals surface area contributed by atoms with Gasteiger partial charge < -0.3 is 4.74 Å². The molecule has 0 aromatic heterocycles. The summed E-state index contributed by atoms with van der Waals surface area (Å²) >= 11 is 0. The Bertz CT molecular complexity index is 810. The highest BCUT2D eigenvalue weighted by molar-refractivity contribution is 6.17. The quantitative estimate of drug-likeness (QED) is 0.183. The monoisotopic (exact) mass is 425 g/mol. The highest BCUT2D eigenvalue weighted by atomic mass is 16.5. The van der Waals surface area contributed by atoms with E-state index >= 15 is 0 Å². The Balaban J connectivity index is 1.71. The van der Waals surface area contributed by atoms with Crippen molar-refractivity contribution in [2.24, 2.45) is 0 Å². The van der Waals surface area contributed by atoms with E-state index in [1.165, 1.54) is 56.1 Å². The van der Waals surface area contributed by atoms with Crippen LogP contribution in [0.5, 0.6) is 0 Å². The number of carbonyl (C=O) groups is 3. The molecule has 0 bridgehead atoms. The number of allylic oxidation sites excluding steroid dienone is 1. The van der Waals surface area contributed by atoms with Crippen LogP contribution in [0.1, 0.15) is 81.4 Å². The SMILES string of the molecule is C=CCCCCCCCCCc1ccc(COC(=O)CC2=CC(=O)NC2=O)cc1CC. The molecule has 1 aliphatic heterocycles. The van der Waals surface area contributed by atoms with Crippen LogP contribution in [-0.4, -0.2) is 17.8 Å². The van der Waals surface area contributed by atoms with Crippen LogP contribution >= 0.6 is 0 Å². The third kappa shape index (κ3) is 8.91. The van der Waals surface area contributed by atoms with E-state index in [1.807, 2.05) is 12.1 Å². The Morgan fingerprint density at radius 1 is 1.03 bits per heavy atom. The standard InChI is InChI=1S/C26H35NO4/c1-3-5-6-7-8-9-10-11-12-13-22-15-14-20(16-21(22)4-2)19-31-25(29)18-23-17-24(28)27-26(23)30/h3,14-17H,1,4-13,18-19H2,2H3,(H,27,28,30). The van der Waals surface area contributed by atoms with E-state index in [1.54, 1.807) is 0 Å². The predicted octanol–water partition coefficient (Wildman–Crippen LogP) is 5.11. The molecular weight excluding hydrogens is 390 g/mol. The van der Waals surface area contributed by atoms with Gasteiger partial charge in [0.05, 0.1) is 6.42 Å². The molecule has 1 aliphatic rings. The number of imide groups is 1. The largest absolute Gasteiger partial charge is 0.461 e. The molecule has 1 aromatic carbocycles. The fourth-order valence-corrected chi connectivity index (χ4v) is 3.78. The summed E-state index contributed by atoms with van der Waals surface area (Å²) in [6, 6.07) is 6.25. The third-order valence-corrected chi connectivity index (χ3v) is 5.57. The van der Waals surface area contributed by atoms with Gasteiger partial charge in [0, 0.05) is 11.6 Å². The van der Waals surface area contributed by atoms with Crippen LogP contribution in [0.2, 0.25) is 0 Å². The summed E-state index contributed by atoms with van der Waals surface area (Å²) in [5.74, 6) is -1.52. The Hall–Kier alpha value is -2.69. The molecule has 2 rings (SSSR count). The van der Waals surface area contributed by atoms with E-state index in [0.717, 1.165) is 30.9 Å². The molecule has 5 nitrogen and oxygen atoms in total. The van der Waals surface area contributed by atoms with Gasteiger partial charge in [-0.2, -0.15) is 0 Å². The number of unbranched alkanes of at least 4 members (excludes halogenated alkanes) is 7. The topological polar surface area (TPSA) is 72.5 Å². The molecule has 0 unspecified atom stereocenters. The maximum atomic E-state index is 12.0. The number of carbonyl (C=O) groups excluding carboxylic acids is 3. The van der Waals surface area contributed by atoms with Crippen LogP contribution in [-0.2, 0) is 38.6 Å². The number of hydrogen-bond acceptors (Lipinski definition) is 4. The van der Waals surface area contributed by atoms with Crippen molar-refractivity contribution in [3.05, 3.63) is 59.2 Å². The second-order valence-corrected chi connectivity index (χ2v) is 8.08. The average molecular weight is 426 g/mol. The average Bonchev–Trinajstić information content (AvgIpc) is 3.07. The number of ether oxygens (including phenoxy) is 1. The minimum absolute atomic E-state index is 0.149. The summed E-state index contributed by atoms with van der Waals surface area (Å²) in [7, 11) is 0. The van der Waals surface area contributed by atoms with Gasteiger partial charge in [-0.1, -0.05) is 63.3 Å². The normalized spacial score (nSPS) is 13.1. The molecule has 0 saturated carbocycles. The van der Waals surface area contributed by atoms with Gasteiger partial charge in [0.15, 0.2) is 0 Å². The molecule has 0 atom stereocenters. The van der Waals surface area contributed by atoms with Gasteiger partial charge in [0.2, 0.25) is 0 Å². The van der Waals surface area contributed by atoms with Crippen LogP contribution in [0.3, 0.4) is 0 Å². The molecule has 1 heterocycles. The molecule has 0 spiro atoms. The highest BCUT2D eigenvalue weighted by Gasteiger charge is 2.23. The lowest BCUT2D eigenvalue weighted by Crippen LogP contribution is -2.23. The minimum atomic E-state index is -0.521. The van der Waals surface area contributed by atoms with Gasteiger partial charge in [-0.25, -0.2) is 0 Å². The Labute approximate surface area is 185 Å². The zero-order valence-corrected chi connectivity index (χ0v) is 18.7. The van der Waals surface area contributed by atoms with E-state index in [0.29, 0.717) is 0 Å². The number of aryl methyl sites for hydroxylation is 2. The first-order valence-corrected chi connectivity index (χ1v) is 11.5. The smallest absolute Gasteiger partial charge is 0.310 e. The first-order chi connectivity index (χ1) is 15.0. The molecule has 0 radical (unpaired) electrons. The fraction of sp³-hybridized carbons (Fsp3) is 0.500. The van der Waals surface area contributed by atoms with Gasteiger partial charge in [0.1, 0.15) is 6.61 Å². The van der Waals surface area contributed by atoms with Gasteiger partial charge in [0.25, 0.3) is 11.8 Å². The number of benzene rings is 1. The van der Waals surface area contributed by atoms with E-state index in [2.05, 4.69) is 31.0 Å². The number of nitrogens with one attached hydrogen (secondary N) is 1. The van der Waals surface area contributed by atoms with E-state index in [4.69, 9.17) is 4.74 Å². The fourth-order valence-electron chi connectivity index (χ4n) is 3.78. The van der Waals surface area contributed by atoms with Gasteiger partial charge in [-0.05, 0) is 48.8 Å². The van der Waals surface area contributed by atoms with Crippen molar-refractivity contribution < 1.29 is 19.1 Å². The molecule has 0 fully saturated rings. The molecular formula is C26H35NO4. The molecule has 0 aliphatic carbocycles. The van der Waals surface area contributed by atoms with Crippen molar-refractivity contribution in [3.8, 4) is 0 Å². The first-order valence-electron chi connectivity index (χ1n) is 11.5. The lowest BCUT2D eigenvalue weighted by atomic mass is 9.97. The van der Waals surface area contributed by atoms with Crippen LogP contribution < -0.4 is 5.32 Å². The Morgan fingerprint density at radius 3 is 2.39 bits per heavy atom. The molecule has 1 N–H and O–H groups in total. The Kier molecular flexibility index (Phi) is 10.8. The number of rotatable bonds is 15. The van der Waals surface area contributed by atoms with Gasteiger partial charge >= 0.3 is 5.97 Å². The maximum Gasteiger partial charge on any atom is 0.310 e. The zero-order valence-electron chi connectivity index (χ0n) is 18.7. The first kappa shape index (κ1) is 24.6. The summed E-state index contributed by atoms with van der Waals surface area (Å²) in [4.78, 5) is 34.6. The molecule has 168 valence electrons.